The van der Waals surface area contributed by atoms with Crippen LogP contribution in [0.4, 0.5) is 11.8 Å². The number of hydrogen-bond acceptors (Lipinski definition) is 7. The molecule has 1 saturated heterocycles. The maximum Gasteiger partial charge on any atom is 0.225 e. The number of pyridine rings is 1. The van der Waals surface area contributed by atoms with Gasteiger partial charge in [-0.25, -0.2) is 19.9 Å². The van der Waals surface area contributed by atoms with Crippen molar-refractivity contribution in [1.29, 1.82) is 0 Å². The Balaban J connectivity index is 1.27. The summed E-state index contributed by atoms with van der Waals surface area (Å²) in [6, 6.07) is 8.07. The lowest BCUT2D eigenvalue weighted by Gasteiger charge is -2.35. The molecule has 0 radical (unpaired) electrons. The van der Waals surface area contributed by atoms with E-state index in [4.69, 9.17) is 4.98 Å². The van der Waals surface area contributed by atoms with Gasteiger partial charge in [0.15, 0.2) is 0 Å². The fourth-order valence-electron chi connectivity index (χ4n) is 3.78. The molecule has 3 aromatic heterocycles. The Morgan fingerprint density at radius 2 is 1.61 bits per heavy atom. The van der Waals surface area contributed by atoms with E-state index in [0.29, 0.717) is 5.92 Å². The molecule has 5 rings (SSSR count). The normalized spacial score (nSPS) is 17.4. The van der Waals surface area contributed by atoms with Crippen LogP contribution in [0.3, 0.4) is 0 Å². The highest BCUT2D eigenvalue weighted by atomic mass is 15.3. The van der Waals surface area contributed by atoms with Gasteiger partial charge in [0, 0.05) is 68.0 Å². The predicted octanol–water partition coefficient (Wildman–Crippen LogP) is 2.92. The summed E-state index contributed by atoms with van der Waals surface area (Å²) in [5.74, 6) is 2.46. The topological polar surface area (TPSA) is 70.9 Å². The van der Waals surface area contributed by atoms with E-state index in [9.17, 15) is 0 Å². The molecule has 7 heteroatoms. The van der Waals surface area contributed by atoms with Gasteiger partial charge in [-0.2, -0.15) is 0 Å². The molecule has 4 heterocycles. The van der Waals surface area contributed by atoms with Crippen molar-refractivity contribution < 1.29 is 0 Å². The summed E-state index contributed by atoms with van der Waals surface area (Å²) in [4.78, 5) is 26.9. The van der Waals surface area contributed by atoms with E-state index in [0.717, 1.165) is 49.2 Å². The molecule has 0 bridgehead atoms. The first-order valence-corrected chi connectivity index (χ1v) is 9.92. The van der Waals surface area contributed by atoms with Crippen LogP contribution in [-0.2, 0) is 0 Å². The Morgan fingerprint density at radius 3 is 2.36 bits per heavy atom. The molecule has 1 aliphatic carbocycles. The van der Waals surface area contributed by atoms with Gasteiger partial charge in [-0.1, -0.05) is 6.42 Å². The molecule has 28 heavy (non-hydrogen) atoms. The van der Waals surface area contributed by atoms with E-state index in [1.54, 1.807) is 18.7 Å². The van der Waals surface area contributed by atoms with Crippen LogP contribution in [0.2, 0.25) is 0 Å². The van der Waals surface area contributed by atoms with Gasteiger partial charge < -0.3 is 9.80 Å². The van der Waals surface area contributed by atoms with E-state index in [2.05, 4.69) is 35.8 Å². The lowest BCUT2D eigenvalue weighted by atomic mass is 9.83. The van der Waals surface area contributed by atoms with Gasteiger partial charge in [-0.05, 0) is 31.0 Å². The van der Waals surface area contributed by atoms with Crippen LogP contribution in [0.1, 0.15) is 30.9 Å². The summed E-state index contributed by atoms with van der Waals surface area (Å²) in [7, 11) is 0. The predicted molar refractivity (Wildman–Crippen MR) is 108 cm³/mol. The minimum Gasteiger partial charge on any atom is -0.353 e. The first-order valence-electron chi connectivity index (χ1n) is 9.92. The van der Waals surface area contributed by atoms with Crippen LogP contribution >= 0.6 is 0 Å². The van der Waals surface area contributed by atoms with Crippen molar-refractivity contribution in [3.05, 3.63) is 54.9 Å². The number of anilines is 2. The number of rotatable bonds is 4. The highest BCUT2D eigenvalue weighted by Gasteiger charge is 2.24. The van der Waals surface area contributed by atoms with E-state index in [1.165, 1.54) is 25.0 Å². The van der Waals surface area contributed by atoms with Crippen molar-refractivity contribution in [2.75, 3.05) is 36.0 Å². The minimum absolute atomic E-state index is 0.632. The highest BCUT2D eigenvalue weighted by Crippen LogP contribution is 2.36. The summed E-state index contributed by atoms with van der Waals surface area (Å²) in [6.07, 6.45) is 11.0. The van der Waals surface area contributed by atoms with Crippen molar-refractivity contribution in [3.63, 3.8) is 0 Å². The Labute approximate surface area is 164 Å². The van der Waals surface area contributed by atoms with E-state index in [1.807, 2.05) is 24.4 Å². The molecular weight excluding hydrogens is 350 g/mol. The third kappa shape index (κ3) is 3.40. The molecular formula is C21H23N7. The van der Waals surface area contributed by atoms with Gasteiger partial charge in [0.25, 0.3) is 0 Å². The van der Waals surface area contributed by atoms with Crippen molar-refractivity contribution in [2.45, 2.75) is 25.2 Å². The molecule has 1 saturated carbocycles. The molecule has 3 aromatic rings. The van der Waals surface area contributed by atoms with E-state index >= 15 is 0 Å². The molecule has 2 aliphatic rings. The molecule has 2 fully saturated rings. The summed E-state index contributed by atoms with van der Waals surface area (Å²) in [5, 5.41) is 0. The fraction of sp³-hybridized carbons (Fsp3) is 0.381. The van der Waals surface area contributed by atoms with Gasteiger partial charge >= 0.3 is 0 Å². The minimum atomic E-state index is 0.632. The Bertz CT molecular complexity index is 934. The molecule has 0 amide bonds. The smallest absolute Gasteiger partial charge is 0.225 e. The maximum absolute atomic E-state index is 4.76. The first-order chi connectivity index (χ1) is 13.9. The zero-order valence-electron chi connectivity index (χ0n) is 15.8. The van der Waals surface area contributed by atoms with Crippen molar-refractivity contribution in [2.24, 2.45) is 0 Å². The molecule has 142 valence electrons. The number of aromatic nitrogens is 5. The van der Waals surface area contributed by atoms with Crippen LogP contribution in [0.5, 0.6) is 0 Å². The molecule has 0 spiro atoms. The van der Waals surface area contributed by atoms with E-state index in [-0.39, 0.29) is 0 Å². The molecule has 0 unspecified atom stereocenters. The lowest BCUT2D eigenvalue weighted by molar-refractivity contribution is 0.410. The van der Waals surface area contributed by atoms with Crippen molar-refractivity contribution >= 4 is 11.8 Å². The zero-order chi connectivity index (χ0) is 18.8. The van der Waals surface area contributed by atoms with Crippen LogP contribution in [0.25, 0.3) is 11.3 Å². The van der Waals surface area contributed by atoms with E-state index < -0.39 is 0 Å². The van der Waals surface area contributed by atoms with Crippen molar-refractivity contribution in [1.82, 2.24) is 24.9 Å². The quantitative estimate of drug-likeness (QED) is 0.696. The largest absolute Gasteiger partial charge is 0.353 e. The van der Waals surface area contributed by atoms with Crippen LogP contribution in [0, 0.1) is 0 Å². The maximum atomic E-state index is 4.76. The number of nitrogens with zero attached hydrogens (tertiary/aromatic N) is 7. The summed E-state index contributed by atoms with van der Waals surface area (Å²) < 4.78 is 0. The molecule has 0 N–H and O–H groups in total. The van der Waals surface area contributed by atoms with Gasteiger partial charge in [-0.15, -0.1) is 0 Å². The van der Waals surface area contributed by atoms with Gasteiger partial charge in [0.05, 0.1) is 5.69 Å². The Morgan fingerprint density at radius 1 is 0.821 bits per heavy atom. The second kappa shape index (κ2) is 7.50. The molecule has 1 aliphatic heterocycles. The molecule has 0 aromatic carbocycles. The second-order valence-electron chi connectivity index (χ2n) is 7.38. The first kappa shape index (κ1) is 17.0. The average molecular weight is 373 g/mol. The van der Waals surface area contributed by atoms with Gasteiger partial charge in [-0.3, -0.25) is 4.98 Å². The third-order valence-corrected chi connectivity index (χ3v) is 5.70. The zero-order valence-corrected chi connectivity index (χ0v) is 15.8. The Hall–Kier alpha value is -3.09. The highest BCUT2D eigenvalue weighted by molar-refractivity contribution is 5.59. The SMILES string of the molecule is c1cc(-c2ccnc(N3CCN(c4cc(C5CCC5)ncn4)CC3)n2)ccn1. The standard InChI is InChI=1S/C21H23N7/c1-2-16(3-1)19-14-20(25-15-24-19)27-10-12-28(13-11-27)21-23-9-6-18(26-21)17-4-7-22-8-5-17/h4-9,14-16H,1-3,10-13H2. The van der Waals surface area contributed by atoms with Crippen LogP contribution < -0.4 is 9.80 Å². The lowest BCUT2D eigenvalue weighted by Crippen LogP contribution is -2.47. The van der Waals surface area contributed by atoms with Crippen molar-refractivity contribution in [3.8, 4) is 11.3 Å². The number of hydrogen-bond donors (Lipinski definition) is 0. The molecule has 7 nitrogen and oxygen atoms in total. The van der Waals surface area contributed by atoms with Gasteiger partial charge in [0.2, 0.25) is 5.95 Å². The van der Waals surface area contributed by atoms with Crippen LogP contribution in [-0.4, -0.2) is 51.1 Å². The van der Waals surface area contributed by atoms with Crippen LogP contribution in [0.15, 0.2) is 49.2 Å². The van der Waals surface area contributed by atoms with Gasteiger partial charge in [0.1, 0.15) is 12.1 Å². The second-order valence-corrected chi connectivity index (χ2v) is 7.38. The fourth-order valence-corrected chi connectivity index (χ4v) is 3.78. The monoisotopic (exact) mass is 373 g/mol. The number of piperazine rings is 1. The Kier molecular flexibility index (Phi) is 4.56. The third-order valence-electron chi connectivity index (χ3n) is 5.70. The summed E-state index contributed by atoms with van der Waals surface area (Å²) in [6.45, 7) is 3.57. The summed E-state index contributed by atoms with van der Waals surface area (Å²) >= 11 is 0. The average Bonchev–Trinajstić information content (AvgIpc) is 2.74. The summed E-state index contributed by atoms with van der Waals surface area (Å²) in [5.41, 5.74) is 3.18. The molecule has 0 atom stereocenters.